The van der Waals surface area contributed by atoms with Crippen LogP contribution < -0.4 is 9.47 Å². The zero-order valence-corrected chi connectivity index (χ0v) is 11.3. The van der Waals surface area contributed by atoms with Gasteiger partial charge in [-0.3, -0.25) is 4.57 Å². The Balaban J connectivity index is 2.09. The third-order valence-electron chi connectivity index (χ3n) is 2.93. The number of hydrogen-bond acceptors (Lipinski definition) is 5. The van der Waals surface area contributed by atoms with E-state index in [9.17, 15) is 0 Å². The van der Waals surface area contributed by atoms with Gasteiger partial charge in [0.1, 0.15) is 18.4 Å². The summed E-state index contributed by atoms with van der Waals surface area (Å²) in [7, 11) is 1.64. The summed E-state index contributed by atoms with van der Waals surface area (Å²) in [5, 5.41) is 0. The molecule has 2 heterocycles. The van der Waals surface area contributed by atoms with Gasteiger partial charge in [0, 0.05) is 5.69 Å². The summed E-state index contributed by atoms with van der Waals surface area (Å²) in [6.45, 7) is 2.45. The van der Waals surface area contributed by atoms with Gasteiger partial charge in [0.25, 0.3) is 0 Å². The highest BCUT2D eigenvalue weighted by molar-refractivity contribution is 5.77. The lowest BCUT2D eigenvalue weighted by molar-refractivity contribution is 0.330. The fourth-order valence-electron chi connectivity index (χ4n) is 1.99. The average molecular weight is 270 g/mol. The van der Waals surface area contributed by atoms with Crippen LogP contribution in [0.1, 0.15) is 6.92 Å². The van der Waals surface area contributed by atoms with Crippen LogP contribution in [0, 0.1) is 0 Å². The number of imidazole rings is 1. The lowest BCUT2D eigenvalue weighted by Crippen LogP contribution is -1.98. The molecule has 3 rings (SSSR count). The first-order valence-electron chi connectivity index (χ1n) is 6.28. The quantitative estimate of drug-likeness (QED) is 0.727. The summed E-state index contributed by atoms with van der Waals surface area (Å²) in [5.74, 6) is 1.31. The van der Waals surface area contributed by atoms with Gasteiger partial charge in [-0.15, -0.1) is 0 Å². The molecular weight excluding hydrogens is 256 g/mol. The van der Waals surface area contributed by atoms with Crippen molar-refractivity contribution in [1.82, 2.24) is 19.5 Å². The van der Waals surface area contributed by atoms with Crippen molar-refractivity contribution < 1.29 is 9.47 Å². The number of fused-ring (bicyclic) bond motifs is 1. The van der Waals surface area contributed by atoms with Gasteiger partial charge in [-0.05, 0) is 31.2 Å². The lowest BCUT2D eigenvalue weighted by atomic mass is 10.3. The van der Waals surface area contributed by atoms with Crippen LogP contribution in [0.2, 0.25) is 0 Å². The molecule has 102 valence electrons. The van der Waals surface area contributed by atoms with E-state index in [2.05, 4.69) is 15.0 Å². The minimum atomic E-state index is 0.504. The second kappa shape index (κ2) is 5.16. The topological polar surface area (TPSA) is 62.1 Å². The van der Waals surface area contributed by atoms with E-state index in [-0.39, 0.29) is 0 Å². The molecule has 0 aliphatic heterocycles. The normalized spacial score (nSPS) is 10.7. The van der Waals surface area contributed by atoms with Crippen LogP contribution in [0.3, 0.4) is 0 Å². The Morgan fingerprint density at radius 3 is 2.60 bits per heavy atom. The number of methoxy groups -OCH3 is 1. The third-order valence-corrected chi connectivity index (χ3v) is 2.93. The standard InChI is InChI=1S/C14H14N4O2/c1-3-20-14-12-13(15-8-16-14)18(9-17-12)10-4-6-11(19-2)7-5-10/h4-9H,3H2,1-2H3. The third kappa shape index (κ3) is 2.05. The lowest BCUT2D eigenvalue weighted by Gasteiger charge is -2.05. The second-order valence-corrected chi connectivity index (χ2v) is 4.10. The van der Waals surface area contributed by atoms with Gasteiger partial charge in [0.2, 0.25) is 5.88 Å². The van der Waals surface area contributed by atoms with Crippen LogP contribution in [0.5, 0.6) is 11.6 Å². The van der Waals surface area contributed by atoms with Crippen molar-refractivity contribution in [3.63, 3.8) is 0 Å². The Morgan fingerprint density at radius 1 is 1.10 bits per heavy atom. The van der Waals surface area contributed by atoms with E-state index in [1.807, 2.05) is 35.8 Å². The molecule has 0 bridgehead atoms. The van der Waals surface area contributed by atoms with Gasteiger partial charge in [0.15, 0.2) is 11.2 Å². The van der Waals surface area contributed by atoms with Gasteiger partial charge in [0.05, 0.1) is 13.7 Å². The molecule has 0 atom stereocenters. The molecule has 0 amide bonds. The summed E-state index contributed by atoms with van der Waals surface area (Å²) in [6.07, 6.45) is 3.19. The molecule has 0 aliphatic carbocycles. The van der Waals surface area contributed by atoms with Crippen molar-refractivity contribution in [3.8, 4) is 17.3 Å². The fourth-order valence-corrected chi connectivity index (χ4v) is 1.99. The maximum Gasteiger partial charge on any atom is 0.245 e. The predicted molar refractivity (Wildman–Crippen MR) is 74.4 cm³/mol. The van der Waals surface area contributed by atoms with Crippen LogP contribution in [0.25, 0.3) is 16.9 Å². The molecule has 0 fully saturated rings. The van der Waals surface area contributed by atoms with E-state index in [1.54, 1.807) is 13.4 Å². The molecule has 0 saturated heterocycles. The van der Waals surface area contributed by atoms with E-state index < -0.39 is 0 Å². The van der Waals surface area contributed by atoms with E-state index in [0.717, 1.165) is 11.4 Å². The Kier molecular flexibility index (Phi) is 3.20. The molecule has 0 radical (unpaired) electrons. The highest BCUT2D eigenvalue weighted by atomic mass is 16.5. The van der Waals surface area contributed by atoms with Crippen LogP contribution in [-0.4, -0.2) is 33.2 Å². The Bertz CT molecular complexity index is 722. The van der Waals surface area contributed by atoms with Crippen LogP contribution in [-0.2, 0) is 0 Å². The minimum Gasteiger partial charge on any atom is -0.497 e. The average Bonchev–Trinajstić information content (AvgIpc) is 2.93. The zero-order chi connectivity index (χ0) is 13.9. The SMILES string of the molecule is CCOc1ncnc2c1ncn2-c1ccc(OC)cc1. The van der Waals surface area contributed by atoms with Crippen molar-refractivity contribution >= 4 is 11.2 Å². The summed E-state index contributed by atoms with van der Waals surface area (Å²) in [4.78, 5) is 12.7. The Hall–Kier alpha value is -2.63. The van der Waals surface area contributed by atoms with Crippen molar-refractivity contribution in [1.29, 1.82) is 0 Å². The molecule has 6 nitrogen and oxygen atoms in total. The molecule has 1 aromatic carbocycles. The first-order valence-corrected chi connectivity index (χ1v) is 6.28. The van der Waals surface area contributed by atoms with E-state index in [1.165, 1.54) is 6.33 Å². The molecule has 0 aliphatic rings. The fraction of sp³-hybridized carbons (Fsp3) is 0.214. The largest absolute Gasteiger partial charge is 0.497 e. The highest BCUT2D eigenvalue weighted by Crippen LogP contribution is 2.23. The maximum absolute atomic E-state index is 5.46. The minimum absolute atomic E-state index is 0.504. The predicted octanol–water partition coefficient (Wildman–Crippen LogP) is 2.22. The van der Waals surface area contributed by atoms with Crippen molar-refractivity contribution in [2.45, 2.75) is 6.92 Å². The van der Waals surface area contributed by atoms with Crippen molar-refractivity contribution in [2.75, 3.05) is 13.7 Å². The second-order valence-electron chi connectivity index (χ2n) is 4.10. The van der Waals surface area contributed by atoms with Gasteiger partial charge < -0.3 is 9.47 Å². The van der Waals surface area contributed by atoms with E-state index in [0.29, 0.717) is 23.7 Å². The summed E-state index contributed by atoms with van der Waals surface area (Å²) in [5.41, 5.74) is 2.33. The molecule has 3 aromatic rings. The van der Waals surface area contributed by atoms with Crippen LogP contribution >= 0.6 is 0 Å². The van der Waals surface area contributed by atoms with Crippen LogP contribution in [0.15, 0.2) is 36.9 Å². The van der Waals surface area contributed by atoms with Gasteiger partial charge in [-0.1, -0.05) is 0 Å². The van der Waals surface area contributed by atoms with E-state index >= 15 is 0 Å². The summed E-state index contributed by atoms with van der Waals surface area (Å²) in [6, 6.07) is 7.68. The van der Waals surface area contributed by atoms with Gasteiger partial charge in [-0.2, -0.15) is 4.98 Å². The first kappa shape index (κ1) is 12.4. The van der Waals surface area contributed by atoms with Crippen LogP contribution in [0.4, 0.5) is 0 Å². The Morgan fingerprint density at radius 2 is 1.90 bits per heavy atom. The number of nitrogens with zero attached hydrogens (tertiary/aromatic N) is 4. The number of benzene rings is 1. The molecule has 20 heavy (non-hydrogen) atoms. The zero-order valence-electron chi connectivity index (χ0n) is 11.3. The van der Waals surface area contributed by atoms with Crippen molar-refractivity contribution in [3.05, 3.63) is 36.9 Å². The van der Waals surface area contributed by atoms with E-state index in [4.69, 9.17) is 9.47 Å². The molecule has 0 spiro atoms. The molecular formula is C14H14N4O2. The molecule has 0 saturated carbocycles. The molecule has 2 aromatic heterocycles. The number of hydrogen-bond donors (Lipinski definition) is 0. The molecule has 0 N–H and O–H groups in total. The first-order chi connectivity index (χ1) is 9.83. The summed E-state index contributed by atoms with van der Waals surface area (Å²) < 4.78 is 12.5. The highest BCUT2D eigenvalue weighted by Gasteiger charge is 2.11. The number of rotatable bonds is 4. The maximum atomic E-state index is 5.46. The van der Waals surface area contributed by atoms with Gasteiger partial charge in [-0.25, -0.2) is 9.97 Å². The van der Waals surface area contributed by atoms with Gasteiger partial charge >= 0.3 is 0 Å². The smallest absolute Gasteiger partial charge is 0.245 e. The number of ether oxygens (including phenoxy) is 2. The Labute approximate surface area is 116 Å². The summed E-state index contributed by atoms with van der Waals surface area (Å²) >= 11 is 0. The van der Waals surface area contributed by atoms with Crippen molar-refractivity contribution in [2.24, 2.45) is 0 Å². The number of aromatic nitrogens is 4. The molecule has 6 heteroatoms. The molecule has 0 unspecified atom stereocenters. The monoisotopic (exact) mass is 270 g/mol.